The first kappa shape index (κ1) is 9.85. The van der Waals surface area contributed by atoms with E-state index in [4.69, 9.17) is 15.6 Å². The van der Waals surface area contributed by atoms with Crippen LogP contribution in [0.25, 0.3) is 0 Å². The summed E-state index contributed by atoms with van der Waals surface area (Å²) in [6.45, 7) is -0.803. The first-order valence-electron chi connectivity index (χ1n) is 3.62. The smallest absolute Gasteiger partial charge is 0.219 e. The van der Waals surface area contributed by atoms with Crippen LogP contribution in [0, 0.1) is 0 Å². The summed E-state index contributed by atoms with van der Waals surface area (Å²) in [6, 6.07) is 0. The third-order valence-electron chi connectivity index (χ3n) is 1.98. The fourth-order valence-electron chi connectivity index (χ4n) is 1.19. The summed E-state index contributed by atoms with van der Waals surface area (Å²) in [4.78, 5) is 0. The Morgan fingerprint density at radius 3 is 2.25 bits per heavy atom. The van der Waals surface area contributed by atoms with Gasteiger partial charge in [-0.15, -0.1) is 0 Å². The number of nitrogens with two attached hydrogens (primary N) is 1. The molecule has 1 saturated heterocycles. The Morgan fingerprint density at radius 1 is 1.42 bits per heavy atom. The predicted molar refractivity (Wildman–Crippen MR) is 38.0 cm³/mol. The highest BCUT2D eigenvalue weighted by atomic mass is 16.7. The zero-order chi connectivity index (χ0) is 9.35. The maximum Gasteiger partial charge on any atom is 0.219 e. The Labute approximate surface area is 69.2 Å². The zero-order valence-corrected chi connectivity index (χ0v) is 6.42. The highest BCUT2D eigenvalue weighted by Gasteiger charge is 2.52. The lowest BCUT2D eigenvalue weighted by molar-refractivity contribution is -0.244. The number of rotatable bonds is 2. The van der Waals surface area contributed by atoms with Crippen LogP contribution in [0.3, 0.4) is 0 Å². The molecule has 1 rings (SSSR count). The molecule has 6 heteroatoms. The molecule has 0 aromatic carbocycles. The van der Waals surface area contributed by atoms with Gasteiger partial charge in [-0.05, 0) is 0 Å². The summed E-state index contributed by atoms with van der Waals surface area (Å²) in [7, 11) is 0. The van der Waals surface area contributed by atoms with Crippen molar-refractivity contribution >= 4 is 0 Å². The van der Waals surface area contributed by atoms with E-state index in [0.29, 0.717) is 0 Å². The van der Waals surface area contributed by atoms with Gasteiger partial charge in [0.05, 0.1) is 6.61 Å². The van der Waals surface area contributed by atoms with Crippen molar-refractivity contribution in [3.63, 3.8) is 0 Å². The van der Waals surface area contributed by atoms with Crippen LogP contribution < -0.4 is 5.73 Å². The van der Waals surface area contributed by atoms with Crippen molar-refractivity contribution in [2.75, 3.05) is 13.2 Å². The van der Waals surface area contributed by atoms with Crippen molar-refractivity contribution in [2.45, 2.75) is 24.1 Å². The van der Waals surface area contributed by atoms with Crippen molar-refractivity contribution in [3.05, 3.63) is 0 Å². The van der Waals surface area contributed by atoms with Gasteiger partial charge in [-0.1, -0.05) is 0 Å². The van der Waals surface area contributed by atoms with E-state index < -0.39 is 30.7 Å². The second-order valence-corrected chi connectivity index (χ2v) is 2.83. The topological polar surface area (TPSA) is 116 Å². The average Bonchev–Trinajstić information content (AvgIpc) is 2.31. The molecule has 1 aliphatic heterocycles. The largest absolute Gasteiger partial charge is 0.391 e. The lowest BCUT2D eigenvalue weighted by Gasteiger charge is -2.22. The first-order valence-corrected chi connectivity index (χ1v) is 3.62. The Bertz CT molecular complexity index is 166. The number of aliphatic hydroxyl groups excluding tert-OH is 3. The van der Waals surface area contributed by atoms with E-state index in [-0.39, 0.29) is 6.54 Å². The molecule has 0 unspecified atom stereocenters. The number of hydrogen-bond acceptors (Lipinski definition) is 6. The summed E-state index contributed by atoms with van der Waals surface area (Å²) in [5.41, 5.74) is 5.17. The monoisotopic (exact) mass is 179 g/mol. The van der Waals surface area contributed by atoms with E-state index in [0.717, 1.165) is 0 Å². The summed E-state index contributed by atoms with van der Waals surface area (Å²) >= 11 is 0. The molecule has 0 radical (unpaired) electrons. The molecular formula is C6H13NO5. The van der Waals surface area contributed by atoms with Gasteiger partial charge in [0.15, 0.2) is 0 Å². The number of hydrogen-bond donors (Lipinski definition) is 5. The third-order valence-corrected chi connectivity index (χ3v) is 1.98. The maximum absolute atomic E-state index is 9.30. The van der Waals surface area contributed by atoms with Gasteiger partial charge in [0, 0.05) is 6.54 Å². The second kappa shape index (κ2) is 3.25. The van der Waals surface area contributed by atoms with Crippen molar-refractivity contribution < 1.29 is 25.2 Å². The van der Waals surface area contributed by atoms with Crippen LogP contribution in [0.5, 0.6) is 0 Å². The van der Waals surface area contributed by atoms with E-state index in [2.05, 4.69) is 0 Å². The molecule has 0 amide bonds. The molecule has 12 heavy (non-hydrogen) atoms. The van der Waals surface area contributed by atoms with Gasteiger partial charge in [-0.3, -0.25) is 0 Å². The van der Waals surface area contributed by atoms with Gasteiger partial charge in [-0.2, -0.15) is 0 Å². The van der Waals surface area contributed by atoms with Crippen molar-refractivity contribution in [3.8, 4) is 0 Å². The van der Waals surface area contributed by atoms with E-state index >= 15 is 0 Å². The second-order valence-electron chi connectivity index (χ2n) is 2.83. The van der Waals surface area contributed by atoms with Crippen LogP contribution in [0.1, 0.15) is 0 Å². The summed E-state index contributed by atoms with van der Waals surface area (Å²) in [6.07, 6.45) is -3.61. The molecule has 6 N–H and O–H groups in total. The van der Waals surface area contributed by atoms with Crippen LogP contribution in [-0.4, -0.2) is 57.7 Å². The Kier molecular flexibility index (Phi) is 2.67. The average molecular weight is 179 g/mol. The normalized spacial score (nSPS) is 48.2. The summed E-state index contributed by atoms with van der Waals surface area (Å²) < 4.78 is 4.75. The predicted octanol–water partition coefficient (Wildman–Crippen LogP) is -3.25. The van der Waals surface area contributed by atoms with E-state index in [1.165, 1.54) is 0 Å². The maximum atomic E-state index is 9.30. The lowest BCUT2D eigenvalue weighted by Crippen LogP contribution is -2.46. The molecule has 0 saturated carbocycles. The molecule has 0 aromatic heterocycles. The zero-order valence-electron chi connectivity index (χ0n) is 6.42. The Balaban J connectivity index is 2.72. The van der Waals surface area contributed by atoms with Crippen LogP contribution in [0.4, 0.5) is 0 Å². The molecule has 1 aliphatic rings. The van der Waals surface area contributed by atoms with Crippen molar-refractivity contribution in [1.29, 1.82) is 0 Å². The molecule has 0 aromatic rings. The van der Waals surface area contributed by atoms with Gasteiger partial charge < -0.3 is 30.9 Å². The molecule has 6 nitrogen and oxygen atoms in total. The van der Waals surface area contributed by atoms with E-state index in [1.54, 1.807) is 0 Å². The fourth-order valence-corrected chi connectivity index (χ4v) is 1.19. The van der Waals surface area contributed by atoms with Gasteiger partial charge in [0.2, 0.25) is 5.79 Å². The van der Waals surface area contributed by atoms with Gasteiger partial charge >= 0.3 is 0 Å². The molecular weight excluding hydrogens is 166 g/mol. The number of ether oxygens (including phenoxy) is 1. The summed E-state index contributed by atoms with van der Waals surface area (Å²) in [5, 5.41) is 36.3. The van der Waals surface area contributed by atoms with Crippen LogP contribution in [0.15, 0.2) is 0 Å². The van der Waals surface area contributed by atoms with Crippen molar-refractivity contribution in [2.24, 2.45) is 5.73 Å². The van der Waals surface area contributed by atoms with Crippen LogP contribution in [-0.2, 0) is 4.74 Å². The fraction of sp³-hybridized carbons (Fsp3) is 1.00. The summed E-state index contributed by atoms with van der Waals surface area (Å²) in [5.74, 6) is -2.08. The molecule has 1 fully saturated rings. The quantitative estimate of drug-likeness (QED) is 0.304. The van der Waals surface area contributed by atoms with Crippen LogP contribution in [0.2, 0.25) is 0 Å². The van der Waals surface area contributed by atoms with E-state index in [1.807, 2.05) is 0 Å². The Morgan fingerprint density at radius 2 is 2.00 bits per heavy atom. The van der Waals surface area contributed by atoms with E-state index in [9.17, 15) is 15.3 Å². The molecule has 4 atom stereocenters. The van der Waals surface area contributed by atoms with Gasteiger partial charge in [-0.25, -0.2) is 0 Å². The molecule has 0 spiro atoms. The molecule has 0 bridgehead atoms. The highest BCUT2D eigenvalue weighted by molar-refractivity contribution is 4.95. The minimum atomic E-state index is -2.08. The minimum absolute atomic E-state index is 0.0272. The number of aliphatic hydroxyl groups is 4. The lowest BCUT2D eigenvalue weighted by atomic mass is 10.1. The first-order chi connectivity index (χ1) is 5.55. The standard InChI is InChI=1S/C6H13NO5/c7-1-3-4(9)5(10)6(11,2-8)12-3/h3-5,8-11H,1-2,7H2/t3-,4+,5-,6+/m0/s1. The van der Waals surface area contributed by atoms with Gasteiger partial charge in [0.1, 0.15) is 18.3 Å². The van der Waals surface area contributed by atoms with Crippen molar-refractivity contribution in [1.82, 2.24) is 0 Å². The molecule has 0 aliphatic carbocycles. The molecule has 72 valence electrons. The molecule has 1 heterocycles. The van der Waals surface area contributed by atoms with Crippen LogP contribution >= 0.6 is 0 Å². The highest BCUT2D eigenvalue weighted by Crippen LogP contribution is 2.27. The van der Waals surface area contributed by atoms with Gasteiger partial charge in [0.25, 0.3) is 0 Å². The third kappa shape index (κ3) is 1.33. The minimum Gasteiger partial charge on any atom is -0.391 e. The SMILES string of the molecule is NC[C@@H]1O[C@](O)(CO)[C@@H](O)[C@@H]1O. The Hall–Kier alpha value is -0.240.